The summed E-state index contributed by atoms with van der Waals surface area (Å²) < 4.78 is 18.5. The minimum atomic E-state index is -2.42. The molecule has 3 aliphatic rings. The number of hydrogen-bond acceptors (Lipinski definition) is 4. The molecule has 0 bridgehead atoms. The highest BCUT2D eigenvalue weighted by atomic mass is 32.2. The van der Waals surface area contributed by atoms with Gasteiger partial charge in [-0.05, 0) is 97.1 Å². The number of allylic oxidation sites excluding steroid dienone is 6. The predicted molar refractivity (Wildman–Crippen MR) is 143 cm³/mol. The molecule has 1 aliphatic heterocycles. The number of fused-ring (bicyclic) bond motifs is 3. The van der Waals surface area contributed by atoms with Crippen LogP contribution in [-0.4, -0.2) is 46.6 Å². The van der Waals surface area contributed by atoms with Crippen molar-refractivity contribution in [3.8, 4) is 5.75 Å². The van der Waals surface area contributed by atoms with E-state index in [0.29, 0.717) is 13.0 Å². The van der Waals surface area contributed by atoms with Gasteiger partial charge >= 0.3 is 0 Å². The van der Waals surface area contributed by atoms with E-state index < -0.39 is 14.8 Å². The molecule has 0 aromatic heterocycles. The van der Waals surface area contributed by atoms with Crippen molar-refractivity contribution in [2.24, 2.45) is 0 Å². The summed E-state index contributed by atoms with van der Waals surface area (Å²) in [5.41, 5.74) is 7.01. The van der Waals surface area contributed by atoms with Crippen LogP contribution in [0.3, 0.4) is 0 Å². The quantitative estimate of drug-likeness (QED) is 0.348. The average molecular weight is 486 g/mol. The van der Waals surface area contributed by atoms with Crippen molar-refractivity contribution in [3.05, 3.63) is 63.0 Å². The van der Waals surface area contributed by atoms with Gasteiger partial charge in [0.25, 0.3) is 0 Å². The number of ether oxygens (including phenoxy) is 1. The Kier molecular flexibility index (Phi) is 7.33. The summed E-state index contributed by atoms with van der Waals surface area (Å²) in [6.45, 7) is 5.88. The fraction of sp³-hybridized carbons (Fsp3) is 0.481. The van der Waals surface area contributed by atoms with Crippen LogP contribution < -0.4 is 10.1 Å². The fourth-order valence-electron chi connectivity index (χ4n) is 5.21. The van der Waals surface area contributed by atoms with Gasteiger partial charge in [-0.1, -0.05) is 29.1 Å². The van der Waals surface area contributed by atoms with Crippen LogP contribution in [-0.2, 0) is 22.4 Å². The summed E-state index contributed by atoms with van der Waals surface area (Å²) in [5, 5.41) is 4.51. The summed E-state index contributed by atoms with van der Waals surface area (Å²) in [6, 6.07) is 4.09. The van der Waals surface area contributed by atoms with Gasteiger partial charge in [-0.25, -0.2) is 0 Å². The van der Waals surface area contributed by atoms with Gasteiger partial charge in [-0.3, -0.25) is 9.00 Å². The van der Waals surface area contributed by atoms with Crippen LogP contribution in [0.15, 0.2) is 46.3 Å². The molecule has 1 aromatic rings. The second kappa shape index (κ2) is 9.90. The Morgan fingerprint density at radius 3 is 2.85 bits per heavy atom. The normalized spacial score (nSPS) is 24.7. The number of ketones is 1. The largest absolute Gasteiger partial charge is 0.492 e. The smallest absolute Gasteiger partial charge is 0.178 e. The maximum Gasteiger partial charge on any atom is 0.178 e. The molecule has 1 heterocycles. The zero-order valence-electron chi connectivity index (χ0n) is 20.0. The van der Waals surface area contributed by atoms with Crippen LogP contribution in [0.4, 0.5) is 0 Å². The molecule has 6 heteroatoms. The lowest BCUT2D eigenvalue weighted by Crippen LogP contribution is -2.40. The highest BCUT2D eigenvalue weighted by Gasteiger charge is 2.38. The van der Waals surface area contributed by atoms with Crippen LogP contribution in [0.5, 0.6) is 5.75 Å². The minimum absolute atomic E-state index is 0.0241. The first kappa shape index (κ1) is 24.4. The topological polar surface area (TPSA) is 55.4 Å². The van der Waals surface area contributed by atoms with Crippen LogP contribution in [0.1, 0.15) is 61.0 Å². The SMILES string of the molecule is C=S(C)(=O)C1Cc2ccc3c(c2C1=O)CC(NCCC/C(=C/C)C1=C(C)CCC(P)=C1)CO3. The van der Waals surface area contributed by atoms with Crippen LogP contribution in [0.25, 0.3) is 0 Å². The summed E-state index contributed by atoms with van der Waals surface area (Å²) in [4.78, 5) is 13.1. The average Bonchev–Trinajstić information content (AvgIpc) is 3.13. The highest BCUT2D eigenvalue weighted by Crippen LogP contribution is 2.37. The number of carbonyl (C=O) groups excluding carboxylic acids is 1. The van der Waals surface area contributed by atoms with Crippen LogP contribution in [0, 0.1) is 0 Å². The van der Waals surface area contributed by atoms with Gasteiger partial charge in [0, 0.05) is 23.4 Å². The fourth-order valence-corrected chi connectivity index (χ4v) is 6.62. The van der Waals surface area contributed by atoms with Gasteiger partial charge < -0.3 is 10.1 Å². The molecule has 1 N–H and O–H groups in total. The Hall–Kier alpha value is -1.68. The van der Waals surface area contributed by atoms with Crippen molar-refractivity contribution in [3.63, 3.8) is 0 Å². The third-order valence-corrected chi connectivity index (χ3v) is 9.16. The van der Waals surface area contributed by atoms with Crippen molar-refractivity contribution in [1.82, 2.24) is 5.32 Å². The zero-order chi connectivity index (χ0) is 23.8. The molecular weight excluding hydrogens is 449 g/mol. The second-order valence-corrected chi connectivity index (χ2v) is 13.2. The first-order valence-corrected chi connectivity index (χ1v) is 14.6. The molecule has 0 saturated heterocycles. The summed E-state index contributed by atoms with van der Waals surface area (Å²) in [5.74, 6) is 4.55. The van der Waals surface area contributed by atoms with E-state index in [1.807, 2.05) is 12.1 Å². The molecule has 4 atom stereocenters. The van der Waals surface area contributed by atoms with Crippen molar-refractivity contribution in [2.45, 2.75) is 63.7 Å². The van der Waals surface area contributed by atoms with E-state index in [1.54, 1.807) is 6.26 Å². The lowest BCUT2D eigenvalue weighted by molar-refractivity contribution is 0.0996. The molecule has 4 rings (SSSR count). The second-order valence-electron chi connectivity index (χ2n) is 9.70. The molecule has 0 saturated carbocycles. The molecule has 0 radical (unpaired) electrons. The monoisotopic (exact) mass is 485 g/mol. The van der Waals surface area contributed by atoms with E-state index in [4.69, 9.17) is 4.74 Å². The molecule has 178 valence electrons. The first-order valence-electron chi connectivity index (χ1n) is 11.9. The first-order chi connectivity index (χ1) is 15.7. The van der Waals surface area contributed by atoms with Crippen LogP contribution >= 0.6 is 9.24 Å². The van der Waals surface area contributed by atoms with Gasteiger partial charge in [0.05, 0.1) is 5.25 Å². The van der Waals surface area contributed by atoms with Gasteiger partial charge in [-0.15, -0.1) is 9.24 Å². The van der Waals surface area contributed by atoms with Gasteiger partial charge in [0.2, 0.25) is 0 Å². The van der Waals surface area contributed by atoms with Crippen LogP contribution in [0.2, 0.25) is 0 Å². The number of benzene rings is 1. The predicted octanol–water partition coefficient (Wildman–Crippen LogP) is 4.63. The Balaban J connectivity index is 1.37. The van der Waals surface area contributed by atoms with Gasteiger partial charge in [-0.2, -0.15) is 0 Å². The third-order valence-electron chi connectivity index (χ3n) is 7.12. The lowest BCUT2D eigenvalue weighted by Gasteiger charge is -2.28. The number of nitrogens with one attached hydrogen (secondary N) is 1. The standard InChI is InChI=1S/C27H36NO3PS/c1-5-18(22-15-21(32)10-8-17(22)2)7-6-12-28-20-14-23-24(31-16-20)11-9-19-13-25(33(3,4)30)27(29)26(19)23/h5,9,11,15,20,25,28H,3,6-8,10,12-14,16,32H2,1-2,4H3/b18-5-. The molecule has 4 nitrogen and oxygen atoms in total. The molecular formula is C27H36NO3PS. The molecule has 0 fully saturated rings. The summed E-state index contributed by atoms with van der Waals surface area (Å²) in [6.07, 6.45) is 11.8. The van der Waals surface area contributed by atoms with Crippen molar-refractivity contribution < 1.29 is 13.7 Å². The zero-order valence-corrected chi connectivity index (χ0v) is 22.0. The molecule has 0 spiro atoms. The van der Waals surface area contributed by atoms with E-state index in [1.165, 1.54) is 22.0 Å². The number of carbonyl (C=O) groups is 1. The maximum absolute atomic E-state index is 13.1. The Bertz CT molecular complexity index is 1160. The highest BCUT2D eigenvalue weighted by molar-refractivity contribution is 8.00. The molecule has 4 unspecified atom stereocenters. The van der Waals surface area contributed by atoms with E-state index in [-0.39, 0.29) is 11.8 Å². The summed E-state index contributed by atoms with van der Waals surface area (Å²) >= 11 is 0. The molecule has 33 heavy (non-hydrogen) atoms. The van der Waals surface area contributed by atoms with Crippen molar-refractivity contribution in [1.29, 1.82) is 0 Å². The summed E-state index contributed by atoms with van der Waals surface area (Å²) in [7, 11) is 0.442. The number of Topliss-reactive ketones (excluding diaryl/α,β-unsaturated/α-hetero) is 1. The maximum atomic E-state index is 13.1. The van der Waals surface area contributed by atoms with Crippen molar-refractivity contribution in [2.75, 3.05) is 19.4 Å². The third kappa shape index (κ3) is 5.21. The number of rotatable bonds is 7. The lowest BCUT2D eigenvalue weighted by atomic mass is 9.90. The van der Waals surface area contributed by atoms with E-state index in [0.717, 1.165) is 61.1 Å². The van der Waals surface area contributed by atoms with Crippen molar-refractivity contribution >= 4 is 30.4 Å². The van der Waals surface area contributed by atoms with E-state index >= 15 is 0 Å². The van der Waals surface area contributed by atoms with E-state index in [9.17, 15) is 9.00 Å². The van der Waals surface area contributed by atoms with Gasteiger partial charge in [0.15, 0.2) is 5.78 Å². The Morgan fingerprint density at radius 2 is 2.12 bits per heavy atom. The Labute approximate surface area is 201 Å². The number of hydrogen-bond donors (Lipinski definition) is 1. The minimum Gasteiger partial charge on any atom is -0.492 e. The molecule has 0 amide bonds. The Morgan fingerprint density at radius 1 is 1.33 bits per heavy atom. The molecule has 1 aromatic carbocycles. The molecule has 2 aliphatic carbocycles. The van der Waals surface area contributed by atoms with E-state index in [2.05, 4.69) is 46.4 Å². The van der Waals surface area contributed by atoms with Gasteiger partial charge in [0.1, 0.15) is 12.4 Å².